The van der Waals surface area contributed by atoms with Gasteiger partial charge in [0.15, 0.2) is 0 Å². The van der Waals surface area contributed by atoms with Crippen LogP contribution in [0.4, 0.5) is 5.82 Å². The lowest BCUT2D eigenvalue weighted by Gasteiger charge is -2.04. The molecule has 0 radical (unpaired) electrons. The summed E-state index contributed by atoms with van der Waals surface area (Å²) in [6.07, 6.45) is 7.49. The molecule has 2 N–H and O–H groups in total. The summed E-state index contributed by atoms with van der Waals surface area (Å²) < 4.78 is 2.03. The Kier molecular flexibility index (Phi) is 5.52. The minimum atomic E-state index is 0.441. The summed E-state index contributed by atoms with van der Waals surface area (Å²) in [5.41, 5.74) is 7.17. The van der Waals surface area contributed by atoms with E-state index in [1.54, 1.807) is 0 Å². The van der Waals surface area contributed by atoms with E-state index in [0.29, 0.717) is 5.92 Å². The lowest BCUT2D eigenvalue weighted by Crippen LogP contribution is -2.03. The molecule has 0 unspecified atom stereocenters. The van der Waals surface area contributed by atoms with Gasteiger partial charge in [-0.1, -0.05) is 46.5 Å². The minimum absolute atomic E-state index is 0.441. The van der Waals surface area contributed by atoms with Gasteiger partial charge in [-0.2, -0.15) is 0 Å². The van der Waals surface area contributed by atoms with Crippen molar-refractivity contribution >= 4 is 5.82 Å². The maximum absolute atomic E-state index is 6.08. The highest BCUT2D eigenvalue weighted by molar-refractivity contribution is 5.38. The van der Waals surface area contributed by atoms with E-state index in [9.17, 15) is 0 Å². The van der Waals surface area contributed by atoms with Crippen molar-refractivity contribution in [3.63, 3.8) is 0 Å². The van der Waals surface area contributed by atoms with Crippen molar-refractivity contribution in [2.45, 2.75) is 65.2 Å². The van der Waals surface area contributed by atoms with Crippen molar-refractivity contribution in [1.29, 1.82) is 0 Å². The molecule has 0 spiro atoms. The van der Waals surface area contributed by atoms with Gasteiger partial charge < -0.3 is 10.3 Å². The van der Waals surface area contributed by atoms with Gasteiger partial charge in [-0.15, -0.1) is 0 Å². The summed E-state index contributed by atoms with van der Waals surface area (Å²) in [5.74, 6) is 2.39. The maximum Gasteiger partial charge on any atom is 0.126 e. The zero-order valence-corrected chi connectivity index (χ0v) is 11.8. The van der Waals surface area contributed by atoms with Crippen LogP contribution in [0.2, 0.25) is 0 Å². The van der Waals surface area contributed by atoms with E-state index in [1.807, 2.05) is 11.6 Å². The van der Waals surface area contributed by atoms with E-state index >= 15 is 0 Å². The third-order valence-corrected chi connectivity index (χ3v) is 3.28. The number of nitrogens with two attached hydrogens (primary N) is 1. The van der Waals surface area contributed by atoms with Gasteiger partial charge in [0, 0.05) is 13.0 Å². The van der Waals surface area contributed by atoms with Crippen LogP contribution in [0.3, 0.4) is 0 Å². The Labute approximate surface area is 105 Å². The Balaban J connectivity index is 2.51. The topological polar surface area (TPSA) is 43.8 Å². The quantitative estimate of drug-likeness (QED) is 0.736. The van der Waals surface area contributed by atoms with E-state index in [2.05, 4.69) is 25.8 Å². The first-order valence-electron chi connectivity index (χ1n) is 6.88. The van der Waals surface area contributed by atoms with Crippen LogP contribution in [0.15, 0.2) is 0 Å². The van der Waals surface area contributed by atoms with Crippen LogP contribution < -0.4 is 5.73 Å². The summed E-state index contributed by atoms with van der Waals surface area (Å²) in [4.78, 5) is 4.66. The van der Waals surface area contributed by atoms with Crippen molar-refractivity contribution in [3.05, 3.63) is 11.5 Å². The van der Waals surface area contributed by atoms with E-state index in [1.165, 1.54) is 32.1 Å². The van der Waals surface area contributed by atoms with Crippen LogP contribution in [0, 0.1) is 0 Å². The van der Waals surface area contributed by atoms with Crippen molar-refractivity contribution in [1.82, 2.24) is 9.55 Å². The van der Waals surface area contributed by atoms with Crippen LogP contribution in [0.1, 0.15) is 70.3 Å². The molecule has 1 heterocycles. The molecule has 3 nitrogen and oxygen atoms in total. The van der Waals surface area contributed by atoms with Gasteiger partial charge in [0.05, 0.1) is 5.69 Å². The predicted molar refractivity (Wildman–Crippen MR) is 74.2 cm³/mol. The number of imidazole rings is 1. The second-order valence-electron chi connectivity index (χ2n) is 5.18. The van der Waals surface area contributed by atoms with E-state index in [0.717, 1.165) is 23.8 Å². The van der Waals surface area contributed by atoms with Gasteiger partial charge in [0.25, 0.3) is 0 Å². The minimum Gasteiger partial charge on any atom is -0.384 e. The smallest absolute Gasteiger partial charge is 0.126 e. The summed E-state index contributed by atoms with van der Waals surface area (Å²) in [5, 5.41) is 0. The molecule has 1 rings (SSSR count). The molecular formula is C14H27N3. The predicted octanol–water partition coefficient (Wildman–Crippen LogP) is 3.64. The Hall–Kier alpha value is -0.990. The standard InChI is InChI=1S/C14H27N3/c1-5-6-7-8-9-10-12-13(15)17(4)14(16-12)11(2)3/h11H,5-10,15H2,1-4H3. The number of aryl methyl sites for hydroxylation is 1. The Morgan fingerprint density at radius 2 is 1.82 bits per heavy atom. The third-order valence-electron chi connectivity index (χ3n) is 3.28. The number of anilines is 1. The third kappa shape index (κ3) is 3.76. The molecular weight excluding hydrogens is 210 g/mol. The van der Waals surface area contributed by atoms with E-state index in [-0.39, 0.29) is 0 Å². The largest absolute Gasteiger partial charge is 0.384 e. The number of rotatable bonds is 7. The average Bonchev–Trinajstić information content (AvgIpc) is 2.57. The van der Waals surface area contributed by atoms with Crippen LogP contribution in [-0.2, 0) is 13.5 Å². The number of hydrogen-bond donors (Lipinski definition) is 1. The first-order chi connectivity index (χ1) is 8.07. The molecule has 0 aromatic carbocycles. The first kappa shape index (κ1) is 14.1. The highest BCUT2D eigenvalue weighted by atomic mass is 15.1. The SMILES string of the molecule is CCCCCCCc1nc(C(C)C)n(C)c1N. The fraction of sp³-hybridized carbons (Fsp3) is 0.786. The van der Waals surface area contributed by atoms with Crippen LogP contribution >= 0.6 is 0 Å². The van der Waals surface area contributed by atoms with Crippen molar-refractivity contribution in [3.8, 4) is 0 Å². The zero-order chi connectivity index (χ0) is 12.8. The van der Waals surface area contributed by atoms with Crippen molar-refractivity contribution in [2.75, 3.05) is 5.73 Å². The van der Waals surface area contributed by atoms with E-state index in [4.69, 9.17) is 5.73 Å². The number of nitrogen functional groups attached to an aromatic ring is 1. The van der Waals surface area contributed by atoms with Gasteiger partial charge >= 0.3 is 0 Å². The molecule has 0 amide bonds. The van der Waals surface area contributed by atoms with Gasteiger partial charge in [-0.05, 0) is 12.8 Å². The zero-order valence-electron chi connectivity index (χ0n) is 11.8. The molecule has 1 aromatic rings. The average molecular weight is 237 g/mol. The summed E-state index contributed by atoms with van der Waals surface area (Å²) in [7, 11) is 2.01. The molecule has 1 aromatic heterocycles. The number of aromatic nitrogens is 2. The van der Waals surface area contributed by atoms with Crippen LogP contribution in [-0.4, -0.2) is 9.55 Å². The highest BCUT2D eigenvalue weighted by Gasteiger charge is 2.13. The number of nitrogens with zero attached hydrogens (tertiary/aromatic N) is 2. The van der Waals surface area contributed by atoms with Crippen molar-refractivity contribution in [2.24, 2.45) is 7.05 Å². The summed E-state index contributed by atoms with van der Waals surface area (Å²) in [6, 6.07) is 0. The number of hydrogen-bond acceptors (Lipinski definition) is 2. The Morgan fingerprint density at radius 3 is 2.35 bits per heavy atom. The molecule has 0 aliphatic carbocycles. The molecule has 17 heavy (non-hydrogen) atoms. The second-order valence-corrected chi connectivity index (χ2v) is 5.18. The van der Waals surface area contributed by atoms with E-state index < -0.39 is 0 Å². The van der Waals surface area contributed by atoms with Crippen LogP contribution in [0.25, 0.3) is 0 Å². The molecule has 0 fully saturated rings. The van der Waals surface area contributed by atoms with Gasteiger partial charge in [-0.3, -0.25) is 0 Å². The maximum atomic E-state index is 6.08. The molecule has 98 valence electrons. The Morgan fingerprint density at radius 1 is 1.18 bits per heavy atom. The Bertz CT molecular complexity index is 339. The highest BCUT2D eigenvalue weighted by Crippen LogP contribution is 2.21. The fourth-order valence-electron chi connectivity index (χ4n) is 2.18. The second kappa shape index (κ2) is 6.67. The fourth-order valence-corrected chi connectivity index (χ4v) is 2.18. The van der Waals surface area contributed by atoms with Crippen LogP contribution in [0.5, 0.6) is 0 Å². The van der Waals surface area contributed by atoms with Gasteiger partial charge in [0.2, 0.25) is 0 Å². The summed E-state index contributed by atoms with van der Waals surface area (Å²) >= 11 is 0. The normalized spacial score (nSPS) is 11.4. The number of unbranched alkanes of at least 4 members (excludes halogenated alkanes) is 4. The molecule has 0 aliphatic rings. The molecule has 0 saturated carbocycles. The summed E-state index contributed by atoms with van der Waals surface area (Å²) in [6.45, 7) is 6.56. The molecule has 0 atom stereocenters. The lowest BCUT2D eigenvalue weighted by molar-refractivity contribution is 0.628. The van der Waals surface area contributed by atoms with Gasteiger partial charge in [-0.25, -0.2) is 4.98 Å². The van der Waals surface area contributed by atoms with Gasteiger partial charge in [0.1, 0.15) is 11.6 Å². The first-order valence-corrected chi connectivity index (χ1v) is 6.88. The molecule has 3 heteroatoms. The molecule has 0 bridgehead atoms. The lowest BCUT2D eigenvalue weighted by atomic mass is 10.1. The van der Waals surface area contributed by atoms with Crippen molar-refractivity contribution < 1.29 is 0 Å². The molecule has 0 aliphatic heterocycles. The molecule has 0 saturated heterocycles. The monoisotopic (exact) mass is 237 g/mol.